The Morgan fingerprint density at radius 1 is 1.04 bits per heavy atom. The second kappa shape index (κ2) is 9.45. The van der Waals surface area contributed by atoms with Crippen molar-refractivity contribution in [1.82, 2.24) is 0 Å². The van der Waals surface area contributed by atoms with Crippen LogP contribution in [0.2, 0.25) is 0 Å². The summed E-state index contributed by atoms with van der Waals surface area (Å²) in [5.74, 6) is -0.123. The number of hydrogen-bond acceptors (Lipinski definition) is 6. The lowest BCUT2D eigenvalue weighted by molar-refractivity contribution is 0.102. The molecule has 10 heteroatoms. The van der Waals surface area contributed by atoms with E-state index in [0.29, 0.717) is 18.0 Å². The summed E-state index contributed by atoms with van der Waals surface area (Å²) in [4.78, 5) is 31.2. The molecule has 0 aromatic heterocycles. The van der Waals surface area contributed by atoms with Crippen molar-refractivity contribution >= 4 is 19.4 Å². The molecule has 0 fully saturated rings. The predicted octanol–water partition coefficient (Wildman–Crippen LogP) is 3.22. The molecular weight excluding hydrogens is 389 g/mol. The topological polar surface area (TPSA) is 124 Å². The molecule has 1 amide bonds. The molecule has 0 bridgehead atoms. The van der Waals surface area contributed by atoms with Gasteiger partial charge >= 0.3 is 7.82 Å². The summed E-state index contributed by atoms with van der Waals surface area (Å²) in [6, 6.07) is 9.23. The van der Waals surface area contributed by atoms with Crippen LogP contribution in [0.4, 0.5) is 5.69 Å². The normalized spacial score (nSPS) is 10.9. The number of ether oxygens (including phenoxy) is 3. The van der Waals surface area contributed by atoms with E-state index in [4.69, 9.17) is 18.7 Å². The Labute approximate surface area is 162 Å². The maximum atomic E-state index is 12.8. The quantitative estimate of drug-likeness (QED) is 0.538. The first-order valence-corrected chi connectivity index (χ1v) is 9.85. The molecule has 0 aliphatic carbocycles. The summed E-state index contributed by atoms with van der Waals surface area (Å²) < 4.78 is 31.8. The second-order valence-corrected chi connectivity index (χ2v) is 6.78. The third-order valence-electron chi connectivity index (χ3n) is 3.52. The van der Waals surface area contributed by atoms with Crippen molar-refractivity contribution in [3.63, 3.8) is 0 Å². The van der Waals surface area contributed by atoms with Gasteiger partial charge in [0, 0.05) is 17.8 Å². The summed E-state index contributed by atoms with van der Waals surface area (Å²) in [6.45, 7) is 2.27. The van der Waals surface area contributed by atoms with E-state index in [2.05, 4.69) is 5.32 Å². The van der Waals surface area contributed by atoms with Gasteiger partial charge in [0.1, 0.15) is 22.8 Å². The van der Waals surface area contributed by atoms with Crippen LogP contribution in [0.3, 0.4) is 0 Å². The minimum Gasteiger partial charge on any atom is -0.497 e. The van der Waals surface area contributed by atoms with E-state index in [9.17, 15) is 19.1 Å². The van der Waals surface area contributed by atoms with Gasteiger partial charge in [-0.3, -0.25) is 14.6 Å². The van der Waals surface area contributed by atoms with Crippen LogP contribution in [0.1, 0.15) is 23.7 Å². The molecule has 0 saturated heterocycles. The Morgan fingerprint density at radius 2 is 1.68 bits per heavy atom. The first-order valence-electron chi connectivity index (χ1n) is 8.32. The highest BCUT2D eigenvalue weighted by molar-refractivity contribution is 7.46. The maximum absolute atomic E-state index is 12.8. The zero-order chi connectivity index (χ0) is 20.7. The van der Waals surface area contributed by atoms with E-state index in [1.165, 1.54) is 26.4 Å². The Kier molecular flexibility index (Phi) is 7.28. The van der Waals surface area contributed by atoms with E-state index in [1.807, 2.05) is 6.92 Å². The minimum absolute atomic E-state index is 0.0445. The first-order chi connectivity index (χ1) is 13.3. The number of hydrogen-bond donors (Lipinski definition) is 3. The van der Waals surface area contributed by atoms with Crippen LogP contribution in [0.15, 0.2) is 36.4 Å². The third-order valence-corrected chi connectivity index (χ3v) is 3.96. The average molecular weight is 411 g/mol. The summed E-state index contributed by atoms with van der Waals surface area (Å²) in [5, 5.41) is 2.62. The predicted molar refractivity (Wildman–Crippen MR) is 102 cm³/mol. The molecule has 0 radical (unpaired) electrons. The van der Waals surface area contributed by atoms with Crippen molar-refractivity contribution in [2.24, 2.45) is 0 Å². The van der Waals surface area contributed by atoms with Crippen molar-refractivity contribution in [3.05, 3.63) is 42.0 Å². The number of benzene rings is 2. The van der Waals surface area contributed by atoms with E-state index in [0.717, 1.165) is 6.42 Å². The first kappa shape index (κ1) is 21.6. The zero-order valence-electron chi connectivity index (χ0n) is 15.7. The molecule has 0 aliphatic heterocycles. The molecule has 0 saturated carbocycles. The average Bonchev–Trinajstić information content (AvgIpc) is 2.65. The lowest BCUT2D eigenvalue weighted by atomic mass is 10.1. The van der Waals surface area contributed by atoms with Crippen molar-refractivity contribution < 1.29 is 37.9 Å². The van der Waals surface area contributed by atoms with Crippen molar-refractivity contribution in [2.75, 3.05) is 26.1 Å². The molecule has 0 unspecified atom stereocenters. The monoisotopic (exact) mass is 411 g/mol. The summed E-state index contributed by atoms with van der Waals surface area (Å²) >= 11 is 0. The molecule has 0 atom stereocenters. The van der Waals surface area contributed by atoms with E-state index < -0.39 is 13.7 Å². The van der Waals surface area contributed by atoms with Crippen LogP contribution in [0, 0.1) is 0 Å². The van der Waals surface area contributed by atoms with E-state index in [1.54, 1.807) is 24.3 Å². The minimum atomic E-state index is -4.93. The Hall–Kier alpha value is -2.74. The molecule has 2 aromatic rings. The van der Waals surface area contributed by atoms with Gasteiger partial charge in [-0.15, -0.1) is 0 Å². The van der Waals surface area contributed by atoms with Crippen LogP contribution in [0.25, 0.3) is 0 Å². The lowest BCUT2D eigenvalue weighted by Crippen LogP contribution is -2.15. The Balaban J connectivity index is 2.42. The maximum Gasteiger partial charge on any atom is 0.524 e. The van der Waals surface area contributed by atoms with Crippen molar-refractivity contribution in [2.45, 2.75) is 13.3 Å². The fraction of sp³-hybridized carbons (Fsp3) is 0.278. The molecular formula is C18H22NO8P. The molecule has 0 spiro atoms. The number of amides is 1. The number of phosphoric ester groups is 1. The fourth-order valence-corrected chi connectivity index (χ4v) is 2.72. The van der Waals surface area contributed by atoms with Crippen LogP contribution in [0.5, 0.6) is 23.0 Å². The van der Waals surface area contributed by atoms with Gasteiger partial charge in [0.05, 0.1) is 20.8 Å². The van der Waals surface area contributed by atoms with Gasteiger partial charge in [-0.05, 0) is 30.7 Å². The van der Waals surface area contributed by atoms with Crippen molar-refractivity contribution in [1.29, 1.82) is 0 Å². The van der Waals surface area contributed by atoms with Crippen LogP contribution in [-0.2, 0) is 4.57 Å². The van der Waals surface area contributed by atoms with E-state index in [-0.39, 0.29) is 22.8 Å². The number of phosphoric acid groups is 1. The summed E-state index contributed by atoms with van der Waals surface area (Å²) in [5.41, 5.74) is 0.270. The number of rotatable bonds is 9. The van der Waals surface area contributed by atoms with Gasteiger partial charge in [-0.25, -0.2) is 4.57 Å². The lowest BCUT2D eigenvalue weighted by Gasteiger charge is -2.17. The smallest absolute Gasteiger partial charge is 0.497 e. The molecule has 2 rings (SSSR count). The highest BCUT2D eigenvalue weighted by atomic mass is 31.2. The molecule has 0 heterocycles. The molecule has 28 heavy (non-hydrogen) atoms. The highest BCUT2D eigenvalue weighted by Crippen LogP contribution is 2.43. The molecule has 3 N–H and O–H groups in total. The largest absolute Gasteiger partial charge is 0.524 e. The van der Waals surface area contributed by atoms with Crippen LogP contribution in [-0.4, -0.2) is 36.5 Å². The van der Waals surface area contributed by atoms with Gasteiger partial charge < -0.3 is 24.1 Å². The zero-order valence-corrected chi connectivity index (χ0v) is 16.6. The SMILES string of the molecule is CCCOc1cc(OC)c(C(=O)Nc2ccc(OC)cc2)c(OP(=O)(O)O)c1. The number of nitrogens with one attached hydrogen (secondary N) is 1. The van der Waals surface area contributed by atoms with Crippen molar-refractivity contribution in [3.8, 4) is 23.0 Å². The van der Waals surface area contributed by atoms with E-state index >= 15 is 0 Å². The standard InChI is InChI=1S/C18H22NO8P/c1-4-9-26-14-10-15(25-3)17(16(11-14)27-28(21,22)23)18(20)19-12-5-7-13(24-2)8-6-12/h5-8,10-11H,4,9H2,1-3H3,(H,19,20)(H2,21,22,23). The molecule has 9 nitrogen and oxygen atoms in total. The Morgan fingerprint density at radius 3 is 2.21 bits per heavy atom. The molecule has 2 aromatic carbocycles. The van der Waals surface area contributed by atoms with Gasteiger partial charge in [0.2, 0.25) is 0 Å². The van der Waals surface area contributed by atoms with Crippen LogP contribution >= 0.6 is 7.82 Å². The third kappa shape index (κ3) is 5.88. The summed E-state index contributed by atoms with van der Waals surface area (Å²) in [6.07, 6.45) is 0.719. The number of carbonyl (C=O) groups excluding carboxylic acids is 1. The highest BCUT2D eigenvalue weighted by Gasteiger charge is 2.26. The number of anilines is 1. The second-order valence-electron chi connectivity index (χ2n) is 5.61. The molecule has 152 valence electrons. The van der Waals surface area contributed by atoms with Gasteiger partial charge in [-0.1, -0.05) is 6.92 Å². The number of methoxy groups -OCH3 is 2. The van der Waals surface area contributed by atoms with Gasteiger partial charge in [0.25, 0.3) is 5.91 Å². The number of carbonyl (C=O) groups is 1. The van der Waals surface area contributed by atoms with Crippen LogP contribution < -0.4 is 24.1 Å². The van der Waals surface area contributed by atoms with Gasteiger partial charge in [0.15, 0.2) is 5.75 Å². The summed E-state index contributed by atoms with van der Waals surface area (Å²) in [7, 11) is -2.09. The fourth-order valence-electron chi connectivity index (χ4n) is 2.32. The van der Waals surface area contributed by atoms with Gasteiger partial charge in [-0.2, -0.15) is 0 Å². The Bertz CT molecular complexity index is 863. The molecule has 0 aliphatic rings.